The van der Waals surface area contributed by atoms with Crippen molar-refractivity contribution in [1.29, 1.82) is 0 Å². The van der Waals surface area contributed by atoms with E-state index in [0.29, 0.717) is 6.42 Å². The largest absolute Gasteiger partial charge is 0.295 e. The summed E-state index contributed by atoms with van der Waals surface area (Å²) in [5, 5.41) is 3.35. The molecular weight excluding hydrogens is 252 g/mol. The highest BCUT2D eigenvalue weighted by molar-refractivity contribution is 7.18. The van der Waals surface area contributed by atoms with Crippen molar-refractivity contribution in [2.75, 3.05) is 0 Å². The van der Waals surface area contributed by atoms with E-state index in [-0.39, 0.29) is 5.78 Å². The Bertz CT molecular complexity index is 736. The van der Waals surface area contributed by atoms with Crippen LogP contribution in [0, 0.1) is 0 Å². The third-order valence-electron chi connectivity index (χ3n) is 3.31. The minimum atomic E-state index is 0.165. The fourth-order valence-corrected chi connectivity index (χ4v) is 3.28. The summed E-state index contributed by atoms with van der Waals surface area (Å²) < 4.78 is 1.30. The molecular formula is C17H14OS. The van der Waals surface area contributed by atoms with Gasteiger partial charge in [-0.05, 0) is 28.6 Å². The maximum atomic E-state index is 11.5. The molecule has 0 N–H and O–H groups in total. The van der Waals surface area contributed by atoms with Gasteiger partial charge < -0.3 is 0 Å². The minimum absolute atomic E-state index is 0.165. The van der Waals surface area contributed by atoms with E-state index in [1.165, 1.54) is 21.2 Å². The fourth-order valence-electron chi connectivity index (χ4n) is 2.33. The summed E-state index contributed by atoms with van der Waals surface area (Å²) in [7, 11) is 0. The van der Waals surface area contributed by atoms with Crippen LogP contribution in [0.2, 0.25) is 0 Å². The SMILES string of the molecule is CCC(=O)/C=C/c1c2cccccc-2c2sccc12. The summed E-state index contributed by atoms with van der Waals surface area (Å²) >= 11 is 1.75. The molecule has 0 spiro atoms. The molecule has 0 bridgehead atoms. The number of carbonyl (C=O) groups excluding carboxylic acids is 1. The Labute approximate surface area is 116 Å². The molecule has 0 saturated heterocycles. The summed E-state index contributed by atoms with van der Waals surface area (Å²) in [6.07, 6.45) is 4.21. The summed E-state index contributed by atoms with van der Waals surface area (Å²) in [6, 6.07) is 12.5. The first-order chi connectivity index (χ1) is 9.31. The third kappa shape index (κ3) is 2.08. The molecule has 0 unspecified atom stereocenters. The lowest BCUT2D eigenvalue weighted by molar-refractivity contribution is -0.114. The van der Waals surface area contributed by atoms with Gasteiger partial charge in [0.1, 0.15) is 0 Å². The molecule has 1 aromatic rings. The van der Waals surface area contributed by atoms with Crippen LogP contribution in [0.1, 0.15) is 18.9 Å². The first-order valence-corrected chi connectivity index (χ1v) is 7.28. The average molecular weight is 266 g/mol. The number of ketones is 1. The molecule has 0 aliphatic heterocycles. The van der Waals surface area contributed by atoms with Crippen LogP contribution >= 0.6 is 11.3 Å². The molecule has 19 heavy (non-hydrogen) atoms. The molecule has 0 radical (unpaired) electrons. The Balaban J connectivity index is 2.25. The smallest absolute Gasteiger partial charge is 0.155 e. The molecule has 1 nitrogen and oxygen atoms in total. The predicted octanol–water partition coefficient (Wildman–Crippen LogP) is 5.00. The maximum absolute atomic E-state index is 11.5. The quantitative estimate of drug-likeness (QED) is 0.610. The lowest BCUT2D eigenvalue weighted by Crippen LogP contribution is -1.86. The van der Waals surface area contributed by atoms with Gasteiger partial charge in [-0.2, -0.15) is 0 Å². The van der Waals surface area contributed by atoms with Gasteiger partial charge in [-0.1, -0.05) is 43.3 Å². The number of rotatable bonds is 3. The van der Waals surface area contributed by atoms with Crippen LogP contribution in [0.15, 0.2) is 47.9 Å². The fraction of sp³-hybridized carbons (Fsp3) is 0.118. The monoisotopic (exact) mass is 266 g/mol. The van der Waals surface area contributed by atoms with E-state index in [0.717, 1.165) is 5.56 Å². The second-order valence-electron chi connectivity index (χ2n) is 4.47. The highest BCUT2D eigenvalue weighted by atomic mass is 32.1. The Morgan fingerprint density at radius 3 is 2.74 bits per heavy atom. The molecule has 0 aromatic carbocycles. The third-order valence-corrected chi connectivity index (χ3v) is 4.26. The minimum Gasteiger partial charge on any atom is -0.295 e. The number of hydrogen-bond donors (Lipinski definition) is 0. The molecule has 1 aromatic heterocycles. The van der Waals surface area contributed by atoms with Gasteiger partial charge in [-0.25, -0.2) is 0 Å². The van der Waals surface area contributed by atoms with Crippen molar-refractivity contribution in [3.63, 3.8) is 0 Å². The van der Waals surface area contributed by atoms with Gasteiger partial charge in [0, 0.05) is 22.1 Å². The standard InChI is InChI=1S/C17H14OS/c1-2-12(18)8-9-14-13-6-4-3-5-7-15(13)17-16(14)10-11-19-17/h3-11H,2H2,1H3/b9-8+. The molecule has 0 fully saturated rings. The highest BCUT2D eigenvalue weighted by Gasteiger charge is 2.15. The van der Waals surface area contributed by atoms with Crippen molar-refractivity contribution in [3.05, 3.63) is 53.4 Å². The van der Waals surface area contributed by atoms with Crippen molar-refractivity contribution in [3.8, 4) is 11.1 Å². The molecule has 0 amide bonds. The van der Waals surface area contributed by atoms with Crippen molar-refractivity contribution in [1.82, 2.24) is 0 Å². The van der Waals surface area contributed by atoms with Crippen LogP contribution in [0.5, 0.6) is 0 Å². The zero-order valence-electron chi connectivity index (χ0n) is 10.7. The second kappa shape index (κ2) is 4.98. The molecule has 0 saturated carbocycles. The zero-order valence-corrected chi connectivity index (χ0v) is 11.5. The van der Waals surface area contributed by atoms with E-state index in [4.69, 9.17) is 0 Å². The summed E-state index contributed by atoms with van der Waals surface area (Å²) in [6.45, 7) is 1.88. The first kappa shape index (κ1) is 12.1. The van der Waals surface area contributed by atoms with E-state index in [2.05, 4.69) is 29.6 Å². The van der Waals surface area contributed by atoms with E-state index in [9.17, 15) is 4.79 Å². The van der Waals surface area contributed by atoms with Crippen LogP contribution in [0.4, 0.5) is 0 Å². The molecule has 1 heterocycles. The van der Waals surface area contributed by atoms with Crippen LogP contribution < -0.4 is 0 Å². The van der Waals surface area contributed by atoms with E-state index in [1.54, 1.807) is 17.4 Å². The van der Waals surface area contributed by atoms with E-state index >= 15 is 0 Å². The Morgan fingerprint density at radius 2 is 1.95 bits per heavy atom. The summed E-state index contributed by atoms with van der Waals surface area (Å²) in [4.78, 5) is 11.5. The zero-order chi connectivity index (χ0) is 13.2. The number of fused-ring (bicyclic) bond motifs is 3. The predicted molar refractivity (Wildman–Crippen MR) is 82.8 cm³/mol. The Hall–Kier alpha value is -1.93. The van der Waals surface area contributed by atoms with Gasteiger partial charge in [0.25, 0.3) is 0 Å². The van der Waals surface area contributed by atoms with Crippen molar-refractivity contribution in [2.24, 2.45) is 0 Å². The lowest BCUT2D eigenvalue weighted by Gasteiger charge is -1.96. The second-order valence-corrected chi connectivity index (χ2v) is 5.38. The van der Waals surface area contributed by atoms with Crippen molar-refractivity contribution >= 4 is 33.3 Å². The van der Waals surface area contributed by atoms with E-state index < -0.39 is 0 Å². The van der Waals surface area contributed by atoms with Gasteiger partial charge in [-0.3, -0.25) is 4.79 Å². The van der Waals surface area contributed by atoms with Gasteiger partial charge in [0.05, 0.1) is 0 Å². The molecule has 3 rings (SSSR count). The molecule has 2 aliphatic rings. The lowest BCUT2D eigenvalue weighted by atomic mass is 10.1. The topological polar surface area (TPSA) is 17.1 Å². The molecule has 0 atom stereocenters. The first-order valence-electron chi connectivity index (χ1n) is 6.40. The van der Waals surface area contributed by atoms with E-state index in [1.807, 2.05) is 25.1 Å². The maximum Gasteiger partial charge on any atom is 0.155 e. The molecule has 94 valence electrons. The van der Waals surface area contributed by atoms with Crippen LogP contribution in [-0.4, -0.2) is 5.78 Å². The molecule has 2 aliphatic carbocycles. The van der Waals surface area contributed by atoms with Crippen molar-refractivity contribution < 1.29 is 4.79 Å². The Kier molecular flexibility index (Phi) is 3.18. The number of allylic oxidation sites excluding steroid dienone is 1. The Morgan fingerprint density at radius 1 is 1.16 bits per heavy atom. The molecule has 2 heteroatoms. The van der Waals surface area contributed by atoms with Crippen LogP contribution in [0.25, 0.3) is 27.3 Å². The van der Waals surface area contributed by atoms with Gasteiger partial charge in [0.15, 0.2) is 5.78 Å². The van der Waals surface area contributed by atoms with Gasteiger partial charge >= 0.3 is 0 Å². The van der Waals surface area contributed by atoms with Crippen LogP contribution in [-0.2, 0) is 4.79 Å². The summed E-state index contributed by atoms with van der Waals surface area (Å²) in [5.41, 5.74) is 3.63. The normalized spacial score (nSPS) is 11.6. The number of hydrogen-bond acceptors (Lipinski definition) is 2. The number of thiophene rings is 1. The number of carbonyl (C=O) groups is 1. The van der Waals surface area contributed by atoms with Gasteiger partial charge in [-0.15, -0.1) is 11.3 Å². The highest BCUT2D eigenvalue weighted by Crippen LogP contribution is 2.42. The van der Waals surface area contributed by atoms with Gasteiger partial charge in [0.2, 0.25) is 0 Å². The van der Waals surface area contributed by atoms with Crippen molar-refractivity contribution in [2.45, 2.75) is 13.3 Å². The average Bonchev–Trinajstić information content (AvgIpc) is 2.90. The summed E-state index contributed by atoms with van der Waals surface area (Å²) in [5.74, 6) is 0.165. The van der Waals surface area contributed by atoms with Crippen LogP contribution in [0.3, 0.4) is 0 Å².